The SMILES string of the molecule is [B]c1ccc(Nc2c(C(=O)NOCC3CC3)cc(NCCCN3CCN(c4ccncc4)CC3)c(N)c2F)c(Cl)c1. The summed E-state index contributed by atoms with van der Waals surface area (Å²) in [6.07, 6.45) is 6.59. The highest BCUT2D eigenvalue weighted by molar-refractivity contribution is 6.37. The van der Waals surface area contributed by atoms with Gasteiger partial charge in [-0.2, -0.15) is 0 Å². The maximum absolute atomic E-state index is 15.7. The van der Waals surface area contributed by atoms with Crippen molar-refractivity contribution in [3.63, 3.8) is 0 Å². The number of hydroxylamine groups is 1. The predicted octanol–water partition coefficient (Wildman–Crippen LogP) is 3.69. The Hall–Kier alpha value is -3.54. The van der Waals surface area contributed by atoms with E-state index in [1.165, 1.54) is 11.8 Å². The second-order valence-electron chi connectivity index (χ2n) is 10.4. The number of halogens is 2. The van der Waals surface area contributed by atoms with E-state index in [-0.39, 0.29) is 22.0 Å². The lowest BCUT2D eigenvalue weighted by Gasteiger charge is -2.36. The molecule has 2 aliphatic rings. The van der Waals surface area contributed by atoms with Gasteiger partial charge in [0.2, 0.25) is 0 Å². The van der Waals surface area contributed by atoms with Crippen LogP contribution in [0.4, 0.5) is 32.8 Å². The third kappa shape index (κ3) is 7.61. The molecule has 1 aliphatic carbocycles. The zero-order chi connectivity index (χ0) is 28.8. The molecular weight excluding hydrogens is 544 g/mol. The lowest BCUT2D eigenvalue weighted by atomic mass is 9.96. The molecule has 0 spiro atoms. The molecule has 1 aromatic heterocycles. The summed E-state index contributed by atoms with van der Waals surface area (Å²) < 4.78 is 15.7. The fourth-order valence-electron chi connectivity index (χ4n) is 4.76. The number of nitrogens with two attached hydrogens (primary N) is 1. The molecule has 2 radical (unpaired) electrons. The number of piperazine rings is 1. The van der Waals surface area contributed by atoms with Crippen molar-refractivity contribution < 1.29 is 14.0 Å². The monoisotopic (exact) mass is 577 g/mol. The number of nitrogens with one attached hydrogen (secondary N) is 3. The number of anilines is 5. The molecule has 0 bridgehead atoms. The molecule has 1 saturated carbocycles. The topological polar surface area (TPSA) is 108 Å². The second kappa shape index (κ2) is 13.4. The first-order valence-electron chi connectivity index (χ1n) is 13.9. The van der Waals surface area contributed by atoms with Crippen LogP contribution in [0.15, 0.2) is 48.8 Å². The summed E-state index contributed by atoms with van der Waals surface area (Å²) in [6, 6.07) is 10.4. The van der Waals surface area contributed by atoms with Gasteiger partial charge in [-0.25, -0.2) is 9.87 Å². The zero-order valence-electron chi connectivity index (χ0n) is 22.8. The van der Waals surface area contributed by atoms with Gasteiger partial charge >= 0.3 is 0 Å². The van der Waals surface area contributed by atoms with Crippen molar-refractivity contribution in [1.82, 2.24) is 15.4 Å². The number of amides is 1. The van der Waals surface area contributed by atoms with Gasteiger partial charge in [0.25, 0.3) is 5.91 Å². The number of pyridine rings is 1. The number of nitrogens with zero attached hydrogens (tertiary/aromatic N) is 3. The Kier molecular flexibility index (Phi) is 9.48. The van der Waals surface area contributed by atoms with Crippen LogP contribution in [0.1, 0.15) is 29.6 Å². The molecular formula is C29H34BClFN7O2. The highest BCUT2D eigenvalue weighted by Crippen LogP contribution is 2.36. The average molecular weight is 578 g/mol. The molecule has 1 aliphatic heterocycles. The van der Waals surface area contributed by atoms with Gasteiger partial charge in [-0.15, -0.1) is 0 Å². The quantitative estimate of drug-likeness (QED) is 0.112. The molecule has 1 saturated heterocycles. The Labute approximate surface area is 245 Å². The summed E-state index contributed by atoms with van der Waals surface area (Å²) in [5, 5.41) is 6.42. The van der Waals surface area contributed by atoms with Crippen LogP contribution in [0, 0.1) is 11.7 Å². The zero-order valence-corrected chi connectivity index (χ0v) is 23.6. The number of carbonyl (C=O) groups excluding carboxylic acids is 1. The van der Waals surface area contributed by atoms with Crippen LogP contribution in [0.5, 0.6) is 0 Å². The van der Waals surface area contributed by atoms with Crippen LogP contribution >= 0.6 is 11.6 Å². The molecule has 0 atom stereocenters. The van der Waals surface area contributed by atoms with Crippen LogP contribution in [0.3, 0.4) is 0 Å². The van der Waals surface area contributed by atoms with Gasteiger partial charge in [-0.1, -0.05) is 23.1 Å². The molecule has 9 nitrogen and oxygen atoms in total. The molecule has 12 heteroatoms. The summed E-state index contributed by atoms with van der Waals surface area (Å²) in [5.41, 5.74) is 10.9. The van der Waals surface area contributed by atoms with Crippen molar-refractivity contribution in [2.45, 2.75) is 19.3 Å². The molecule has 41 heavy (non-hydrogen) atoms. The van der Waals surface area contributed by atoms with Gasteiger partial charge in [0, 0.05) is 50.8 Å². The normalized spacial score (nSPS) is 15.5. The van der Waals surface area contributed by atoms with Crippen LogP contribution in [-0.4, -0.2) is 69.5 Å². The Morgan fingerprint density at radius 3 is 2.59 bits per heavy atom. The molecule has 0 unspecified atom stereocenters. The molecule has 3 aromatic rings. The van der Waals surface area contributed by atoms with Gasteiger partial charge in [0.05, 0.1) is 39.9 Å². The number of aromatic nitrogens is 1. The van der Waals surface area contributed by atoms with Gasteiger partial charge in [0.1, 0.15) is 7.85 Å². The summed E-state index contributed by atoms with van der Waals surface area (Å²) in [5.74, 6) is -0.906. The first-order chi connectivity index (χ1) is 19.9. The smallest absolute Gasteiger partial charge is 0.277 e. The first-order valence-corrected chi connectivity index (χ1v) is 14.2. The number of hydrogen-bond acceptors (Lipinski definition) is 8. The number of carbonyl (C=O) groups is 1. The van der Waals surface area contributed by atoms with Crippen LogP contribution in [-0.2, 0) is 4.84 Å². The fourth-order valence-corrected chi connectivity index (χ4v) is 4.99. The summed E-state index contributed by atoms with van der Waals surface area (Å²) in [6.45, 7) is 5.67. The van der Waals surface area contributed by atoms with Crippen molar-refractivity contribution in [3.8, 4) is 0 Å². The van der Waals surface area contributed by atoms with E-state index in [0.717, 1.165) is 52.0 Å². The van der Waals surface area contributed by atoms with E-state index in [4.69, 9.17) is 30.0 Å². The van der Waals surface area contributed by atoms with Crippen LogP contribution in [0.2, 0.25) is 5.02 Å². The molecule has 1 amide bonds. The maximum atomic E-state index is 15.7. The van der Waals surface area contributed by atoms with E-state index >= 15 is 4.39 Å². The van der Waals surface area contributed by atoms with Crippen molar-refractivity contribution in [2.24, 2.45) is 5.92 Å². The third-order valence-electron chi connectivity index (χ3n) is 7.35. The molecule has 5 N–H and O–H groups in total. The van der Waals surface area contributed by atoms with Gasteiger partial charge in [0.15, 0.2) is 5.82 Å². The molecule has 2 fully saturated rings. The van der Waals surface area contributed by atoms with E-state index in [2.05, 4.69) is 30.9 Å². The fraction of sp³-hybridized carbons (Fsp3) is 0.379. The molecule has 2 aromatic carbocycles. The summed E-state index contributed by atoms with van der Waals surface area (Å²) in [4.78, 5) is 27.3. The Morgan fingerprint density at radius 1 is 1.12 bits per heavy atom. The minimum absolute atomic E-state index is 0.0372. The van der Waals surface area contributed by atoms with Crippen LogP contribution < -0.4 is 32.2 Å². The average Bonchev–Trinajstić information content (AvgIpc) is 3.81. The van der Waals surface area contributed by atoms with Gasteiger partial charge in [-0.3, -0.25) is 19.5 Å². The first kappa shape index (κ1) is 29.0. The minimum Gasteiger partial charge on any atom is -0.395 e. The van der Waals surface area contributed by atoms with E-state index in [9.17, 15) is 4.79 Å². The second-order valence-corrected chi connectivity index (χ2v) is 10.8. The lowest BCUT2D eigenvalue weighted by Crippen LogP contribution is -2.46. The molecule has 2 heterocycles. The van der Waals surface area contributed by atoms with E-state index < -0.39 is 11.7 Å². The van der Waals surface area contributed by atoms with Gasteiger partial charge < -0.3 is 21.3 Å². The summed E-state index contributed by atoms with van der Waals surface area (Å²) in [7, 11) is 5.79. The van der Waals surface area contributed by atoms with E-state index in [1.807, 2.05) is 24.5 Å². The van der Waals surface area contributed by atoms with Gasteiger partial charge in [-0.05, 0) is 62.1 Å². The Morgan fingerprint density at radius 2 is 1.88 bits per heavy atom. The van der Waals surface area contributed by atoms with Crippen molar-refractivity contribution in [3.05, 3.63) is 65.2 Å². The highest BCUT2D eigenvalue weighted by atomic mass is 35.5. The number of benzene rings is 2. The van der Waals surface area contributed by atoms with Crippen molar-refractivity contribution in [2.75, 3.05) is 67.1 Å². The van der Waals surface area contributed by atoms with Crippen LogP contribution in [0.25, 0.3) is 0 Å². The third-order valence-corrected chi connectivity index (χ3v) is 7.66. The number of hydrogen-bond donors (Lipinski definition) is 4. The van der Waals surface area contributed by atoms with E-state index in [1.54, 1.807) is 18.2 Å². The van der Waals surface area contributed by atoms with E-state index in [0.29, 0.717) is 35.9 Å². The maximum Gasteiger partial charge on any atom is 0.277 e. The Bertz CT molecular complexity index is 1350. The minimum atomic E-state index is -0.762. The number of rotatable bonds is 12. The summed E-state index contributed by atoms with van der Waals surface area (Å²) >= 11 is 6.30. The lowest BCUT2D eigenvalue weighted by molar-refractivity contribution is 0.0271. The number of nitrogen functional groups attached to an aromatic ring is 1. The Balaban J connectivity index is 1.22. The van der Waals surface area contributed by atoms with Crippen molar-refractivity contribution in [1.29, 1.82) is 0 Å². The molecule has 5 rings (SSSR count). The largest absolute Gasteiger partial charge is 0.395 e. The standard InChI is InChI=1S/C29H34BClFN7O2/c30-20-4-5-24(23(31)16-20)36-28-22(29(40)37-41-18-19-2-3-19)17-25(27(33)26(28)32)35-8-1-11-38-12-14-39(15-13-38)21-6-9-34-10-7-21/h4-7,9-10,16-17,19,35-36H,1-3,8,11-15,18,33H2,(H,37,40). The highest BCUT2D eigenvalue weighted by Gasteiger charge is 2.25. The molecule has 214 valence electrons. The predicted molar refractivity (Wildman–Crippen MR) is 163 cm³/mol. The van der Waals surface area contributed by atoms with Crippen molar-refractivity contribution >= 4 is 59.3 Å².